The molecule has 1 aromatic carbocycles. The molecule has 0 amide bonds. The summed E-state index contributed by atoms with van der Waals surface area (Å²) in [5, 5.41) is 9.89. The summed E-state index contributed by atoms with van der Waals surface area (Å²) in [7, 11) is 0. The highest BCUT2D eigenvalue weighted by Crippen LogP contribution is 2.33. The number of rotatable bonds is 2. The van der Waals surface area contributed by atoms with Gasteiger partial charge in [0.15, 0.2) is 11.5 Å². The molecule has 0 saturated carbocycles. The van der Waals surface area contributed by atoms with Crippen molar-refractivity contribution in [2.24, 2.45) is 5.92 Å². The predicted octanol–water partition coefficient (Wildman–Crippen LogP) is 1.62. The average Bonchev–Trinajstić information content (AvgIpc) is 2.81. The Bertz CT molecular complexity index is 435. The lowest BCUT2D eigenvalue weighted by Crippen LogP contribution is -2.42. The molecule has 1 saturated heterocycles. The van der Waals surface area contributed by atoms with E-state index in [1.165, 1.54) is 5.56 Å². The molecule has 98 valence electrons. The Labute approximate surface area is 107 Å². The Morgan fingerprint density at radius 1 is 1.33 bits per heavy atom. The Hall–Kier alpha value is -1.26. The second-order valence-electron chi connectivity index (χ2n) is 5.26. The first kappa shape index (κ1) is 11.8. The summed E-state index contributed by atoms with van der Waals surface area (Å²) in [6.07, 6.45) is 0.860. The third-order valence-corrected chi connectivity index (χ3v) is 3.85. The van der Waals surface area contributed by atoms with Crippen LogP contribution in [0.15, 0.2) is 18.2 Å². The molecule has 4 heteroatoms. The smallest absolute Gasteiger partial charge is 0.231 e. The van der Waals surface area contributed by atoms with Crippen LogP contribution >= 0.6 is 0 Å². The van der Waals surface area contributed by atoms with Crippen LogP contribution in [0, 0.1) is 5.92 Å². The van der Waals surface area contributed by atoms with E-state index in [1.54, 1.807) is 0 Å². The number of benzene rings is 1. The summed E-state index contributed by atoms with van der Waals surface area (Å²) in [4.78, 5) is 2.29. The molecule has 0 aliphatic carbocycles. The molecule has 2 unspecified atom stereocenters. The SMILES string of the molecule is CC1CCN(Cc2ccc3c(c2)OCO3)CC1O. The molecular formula is C14H19NO3. The summed E-state index contributed by atoms with van der Waals surface area (Å²) >= 11 is 0. The van der Waals surface area contributed by atoms with Crippen LogP contribution in [-0.4, -0.2) is 36.0 Å². The molecule has 1 aromatic rings. The van der Waals surface area contributed by atoms with Gasteiger partial charge < -0.3 is 14.6 Å². The van der Waals surface area contributed by atoms with Crippen molar-refractivity contribution in [3.05, 3.63) is 23.8 Å². The van der Waals surface area contributed by atoms with Crippen LogP contribution in [0.2, 0.25) is 0 Å². The molecule has 2 aliphatic rings. The topological polar surface area (TPSA) is 41.9 Å². The van der Waals surface area contributed by atoms with Crippen molar-refractivity contribution in [3.8, 4) is 11.5 Å². The molecule has 0 radical (unpaired) electrons. The lowest BCUT2D eigenvalue weighted by Gasteiger charge is -2.34. The summed E-state index contributed by atoms with van der Waals surface area (Å²) in [5.74, 6) is 2.07. The average molecular weight is 249 g/mol. The first-order valence-corrected chi connectivity index (χ1v) is 6.51. The quantitative estimate of drug-likeness (QED) is 0.865. The molecule has 2 atom stereocenters. The number of nitrogens with zero attached hydrogens (tertiary/aromatic N) is 1. The second-order valence-corrected chi connectivity index (χ2v) is 5.26. The van der Waals surface area contributed by atoms with Gasteiger partial charge in [-0.25, -0.2) is 0 Å². The maximum Gasteiger partial charge on any atom is 0.231 e. The minimum atomic E-state index is -0.201. The second kappa shape index (κ2) is 4.78. The van der Waals surface area contributed by atoms with E-state index in [-0.39, 0.29) is 6.10 Å². The highest BCUT2D eigenvalue weighted by Gasteiger charge is 2.24. The van der Waals surface area contributed by atoms with Crippen molar-refractivity contribution in [2.75, 3.05) is 19.9 Å². The number of aliphatic hydroxyl groups excluding tert-OH is 1. The van der Waals surface area contributed by atoms with E-state index in [0.29, 0.717) is 12.7 Å². The van der Waals surface area contributed by atoms with E-state index in [9.17, 15) is 5.11 Å². The minimum Gasteiger partial charge on any atom is -0.454 e. The van der Waals surface area contributed by atoms with Crippen molar-refractivity contribution in [1.82, 2.24) is 4.90 Å². The van der Waals surface area contributed by atoms with Gasteiger partial charge in [-0.15, -0.1) is 0 Å². The van der Waals surface area contributed by atoms with Crippen LogP contribution in [0.4, 0.5) is 0 Å². The van der Waals surface area contributed by atoms with Gasteiger partial charge in [0, 0.05) is 13.1 Å². The number of piperidine rings is 1. The van der Waals surface area contributed by atoms with E-state index in [4.69, 9.17) is 9.47 Å². The van der Waals surface area contributed by atoms with Gasteiger partial charge in [0.1, 0.15) is 0 Å². The maximum atomic E-state index is 9.89. The first-order valence-electron chi connectivity index (χ1n) is 6.51. The van der Waals surface area contributed by atoms with Crippen molar-refractivity contribution < 1.29 is 14.6 Å². The first-order chi connectivity index (χ1) is 8.72. The molecule has 0 aromatic heterocycles. The Balaban J connectivity index is 1.66. The lowest BCUT2D eigenvalue weighted by molar-refractivity contribution is 0.0259. The molecule has 3 rings (SSSR count). The normalized spacial score (nSPS) is 27.4. The highest BCUT2D eigenvalue weighted by atomic mass is 16.7. The van der Waals surface area contributed by atoms with Gasteiger partial charge in [-0.1, -0.05) is 13.0 Å². The fourth-order valence-electron chi connectivity index (χ4n) is 2.56. The Kier molecular flexibility index (Phi) is 3.14. The third-order valence-electron chi connectivity index (χ3n) is 3.85. The van der Waals surface area contributed by atoms with Gasteiger partial charge in [-0.3, -0.25) is 4.90 Å². The summed E-state index contributed by atoms with van der Waals surface area (Å²) in [5.41, 5.74) is 1.21. The van der Waals surface area contributed by atoms with E-state index < -0.39 is 0 Å². The van der Waals surface area contributed by atoms with Crippen molar-refractivity contribution >= 4 is 0 Å². The largest absolute Gasteiger partial charge is 0.454 e. The number of ether oxygens (including phenoxy) is 2. The van der Waals surface area contributed by atoms with Crippen LogP contribution in [0.5, 0.6) is 11.5 Å². The van der Waals surface area contributed by atoms with Crippen LogP contribution in [0.1, 0.15) is 18.9 Å². The van der Waals surface area contributed by atoms with Gasteiger partial charge in [0.2, 0.25) is 6.79 Å². The van der Waals surface area contributed by atoms with Crippen LogP contribution in [0.25, 0.3) is 0 Å². The van der Waals surface area contributed by atoms with Crippen LogP contribution in [0.3, 0.4) is 0 Å². The summed E-state index contributed by atoms with van der Waals surface area (Å²) in [6, 6.07) is 6.06. The van der Waals surface area contributed by atoms with Gasteiger partial charge in [-0.05, 0) is 36.6 Å². The molecule has 1 N–H and O–H groups in total. The monoisotopic (exact) mass is 249 g/mol. The number of hydrogen-bond donors (Lipinski definition) is 1. The fourth-order valence-corrected chi connectivity index (χ4v) is 2.56. The van der Waals surface area contributed by atoms with Gasteiger partial charge in [0.25, 0.3) is 0 Å². The molecule has 0 spiro atoms. The molecule has 18 heavy (non-hydrogen) atoms. The molecule has 1 fully saturated rings. The predicted molar refractivity (Wildman–Crippen MR) is 67.6 cm³/mol. The molecule has 0 bridgehead atoms. The fraction of sp³-hybridized carbons (Fsp3) is 0.571. The number of fused-ring (bicyclic) bond motifs is 1. The number of β-amino-alcohol motifs (C(OH)–C–C–N with tert-alkyl or cyclic N) is 1. The molecule has 4 nitrogen and oxygen atoms in total. The zero-order valence-electron chi connectivity index (χ0n) is 10.6. The van der Waals surface area contributed by atoms with E-state index in [2.05, 4.69) is 17.9 Å². The Morgan fingerprint density at radius 3 is 3.00 bits per heavy atom. The Morgan fingerprint density at radius 2 is 2.17 bits per heavy atom. The zero-order valence-corrected chi connectivity index (χ0v) is 10.6. The standard InChI is InChI=1S/C14H19NO3/c1-10-4-5-15(8-12(10)16)7-11-2-3-13-14(6-11)18-9-17-13/h2-3,6,10,12,16H,4-5,7-9H2,1H3. The number of hydrogen-bond acceptors (Lipinski definition) is 4. The van der Waals surface area contributed by atoms with Gasteiger partial charge >= 0.3 is 0 Å². The van der Waals surface area contributed by atoms with E-state index >= 15 is 0 Å². The van der Waals surface area contributed by atoms with Crippen LogP contribution < -0.4 is 9.47 Å². The molecule has 2 heterocycles. The van der Waals surface area contributed by atoms with Gasteiger partial charge in [-0.2, -0.15) is 0 Å². The summed E-state index contributed by atoms with van der Waals surface area (Å²) in [6.45, 7) is 5.10. The van der Waals surface area contributed by atoms with Crippen molar-refractivity contribution in [3.63, 3.8) is 0 Å². The minimum absolute atomic E-state index is 0.201. The highest BCUT2D eigenvalue weighted by molar-refractivity contribution is 5.44. The molecular weight excluding hydrogens is 230 g/mol. The molecule has 2 aliphatic heterocycles. The third kappa shape index (κ3) is 2.31. The van der Waals surface area contributed by atoms with Crippen molar-refractivity contribution in [2.45, 2.75) is 26.0 Å². The lowest BCUT2D eigenvalue weighted by atomic mass is 9.96. The van der Waals surface area contributed by atoms with Crippen molar-refractivity contribution in [1.29, 1.82) is 0 Å². The number of likely N-dealkylation sites (tertiary alicyclic amines) is 1. The number of aliphatic hydroxyl groups is 1. The van der Waals surface area contributed by atoms with E-state index in [0.717, 1.165) is 37.6 Å². The summed E-state index contributed by atoms with van der Waals surface area (Å²) < 4.78 is 10.7. The maximum absolute atomic E-state index is 9.89. The van der Waals surface area contributed by atoms with E-state index in [1.807, 2.05) is 12.1 Å². The zero-order chi connectivity index (χ0) is 12.5. The van der Waals surface area contributed by atoms with Gasteiger partial charge in [0.05, 0.1) is 6.10 Å². The van der Waals surface area contributed by atoms with Crippen LogP contribution in [-0.2, 0) is 6.54 Å².